The number of fused-ring (bicyclic) bond motifs is 12. The van der Waals surface area contributed by atoms with Crippen molar-refractivity contribution in [2.45, 2.75) is 116 Å². The highest BCUT2D eigenvalue weighted by molar-refractivity contribution is 6.91. The molecule has 3 aromatic heterocycles. The molecule has 0 atom stereocenters. The second kappa shape index (κ2) is 20.7. The Labute approximate surface area is 472 Å². The van der Waals surface area contributed by atoms with Gasteiger partial charge in [0, 0.05) is 54.8 Å². The van der Waals surface area contributed by atoms with Crippen LogP contribution in [0.1, 0.15) is 117 Å². The van der Waals surface area contributed by atoms with Crippen LogP contribution in [0.3, 0.4) is 0 Å². The molecule has 78 heavy (non-hydrogen) atoms. The van der Waals surface area contributed by atoms with Crippen LogP contribution in [0.2, 0.25) is 43.3 Å². The SMILES string of the molecule is CC(C)[Si](C#Cc1c2nc(c(-c3c4ccccc4c(Cl)c4ccccc34)c3ccc([nH]3)c(C#C[Si](C(C)C)(C(C)C)C(C)C)c3ccc([nH]3)c(-c3c4ccccc4c(Cl)c4ccccc34)c3nc1C=C3)C=C2)(C(C)C)C(C)C. The molecule has 8 heteroatoms. The van der Waals surface area contributed by atoms with E-state index in [1.54, 1.807) is 0 Å². The highest BCUT2D eigenvalue weighted by Gasteiger charge is 2.43. The summed E-state index contributed by atoms with van der Waals surface area (Å²) in [6.45, 7) is 28.5. The summed E-state index contributed by atoms with van der Waals surface area (Å²) in [5.74, 6) is 7.88. The van der Waals surface area contributed by atoms with Gasteiger partial charge in [0.05, 0.1) is 55.0 Å². The zero-order valence-corrected chi connectivity index (χ0v) is 50.5. The van der Waals surface area contributed by atoms with Crippen molar-refractivity contribution in [2.75, 3.05) is 0 Å². The van der Waals surface area contributed by atoms with Crippen LogP contribution in [0.25, 0.3) is 112 Å². The fraction of sp³-hybridized carbons (Fsp3) is 0.257. The Morgan fingerprint density at radius 1 is 0.333 bits per heavy atom. The third-order valence-electron chi connectivity index (χ3n) is 17.5. The van der Waals surface area contributed by atoms with Gasteiger partial charge < -0.3 is 9.97 Å². The normalized spacial score (nSPS) is 12.9. The highest BCUT2D eigenvalue weighted by Crippen LogP contribution is 2.48. The maximum atomic E-state index is 7.37. The summed E-state index contributed by atoms with van der Waals surface area (Å²) < 4.78 is 0. The zero-order valence-electron chi connectivity index (χ0n) is 47.0. The number of H-pyrrole nitrogens is 2. The molecule has 0 spiro atoms. The lowest BCUT2D eigenvalue weighted by atomic mass is 9.91. The Balaban J connectivity index is 1.38. The van der Waals surface area contributed by atoms with Gasteiger partial charge in [0.2, 0.25) is 0 Å². The first-order chi connectivity index (χ1) is 37.5. The van der Waals surface area contributed by atoms with E-state index >= 15 is 0 Å². The molecule has 9 aromatic rings. The largest absolute Gasteiger partial charge is 0.354 e. The highest BCUT2D eigenvalue weighted by atomic mass is 35.5. The first kappa shape index (κ1) is 53.1. The predicted octanol–water partition coefficient (Wildman–Crippen LogP) is 21.0. The van der Waals surface area contributed by atoms with Crippen LogP contribution < -0.4 is 0 Å². The Bertz CT molecular complexity index is 3910. The molecular formula is C70H68Cl2N4Si2. The van der Waals surface area contributed by atoms with Crippen molar-refractivity contribution in [2.24, 2.45) is 0 Å². The lowest BCUT2D eigenvalue weighted by molar-refractivity contribution is 0.838. The van der Waals surface area contributed by atoms with Gasteiger partial charge in [-0.1, -0.05) is 215 Å². The predicted molar refractivity (Wildman–Crippen MR) is 346 cm³/mol. The van der Waals surface area contributed by atoms with Gasteiger partial charge in [0.1, 0.15) is 16.1 Å². The molecule has 2 N–H and O–H groups in total. The van der Waals surface area contributed by atoms with Gasteiger partial charge in [-0.3, -0.25) is 0 Å². The van der Waals surface area contributed by atoms with Crippen molar-refractivity contribution in [3.8, 4) is 45.2 Å². The molecule has 2 aliphatic heterocycles. The van der Waals surface area contributed by atoms with Gasteiger partial charge in [-0.15, -0.1) is 11.1 Å². The van der Waals surface area contributed by atoms with E-state index in [2.05, 4.69) is 262 Å². The molecule has 6 aromatic carbocycles. The summed E-state index contributed by atoms with van der Waals surface area (Å²) in [6, 6.07) is 42.8. The van der Waals surface area contributed by atoms with E-state index in [1.165, 1.54) is 0 Å². The number of benzene rings is 6. The number of hydrogen-bond donors (Lipinski definition) is 2. The van der Waals surface area contributed by atoms with E-state index in [0.29, 0.717) is 33.2 Å². The molecule has 0 saturated heterocycles. The van der Waals surface area contributed by atoms with Gasteiger partial charge in [0.25, 0.3) is 0 Å². The zero-order chi connectivity index (χ0) is 54.9. The minimum absolute atomic E-state index is 0.427. The van der Waals surface area contributed by atoms with E-state index in [1.807, 2.05) is 0 Å². The summed E-state index contributed by atoms with van der Waals surface area (Å²) in [5, 5.41) is 9.58. The van der Waals surface area contributed by atoms with Crippen LogP contribution in [0.5, 0.6) is 0 Å². The van der Waals surface area contributed by atoms with Crippen LogP contribution in [0, 0.1) is 22.9 Å². The number of nitrogens with one attached hydrogen (secondary N) is 2. The van der Waals surface area contributed by atoms with Crippen LogP contribution in [-0.2, 0) is 0 Å². The third-order valence-corrected chi connectivity index (χ3v) is 30.9. The molecule has 2 aliphatic rings. The van der Waals surface area contributed by atoms with Crippen molar-refractivity contribution in [1.82, 2.24) is 19.9 Å². The molecule has 0 unspecified atom stereocenters. The van der Waals surface area contributed by atoms with E-state index in [9.17, 15) is 0 Å². The van der Waals surface area contributed by atoms with E-state index in [0.717, 1.165) is 131 Å². The molecule has 0 saturated carbocycles. The summed E-state index contributed by atoms with van der Waals surface area (Å²) in [4.78, 5) is 19.5. The quantitative estimate of drug-likeness (QED) is 0.0905. The average Bonchev–Trinajstić information content (AvgIpc) is 4.42. The molecule has 11 rings (SSSR count). The molecule has 4 nitrogen and oxygen atoms in total. The second-order valence-electron chi connectivity index (χ2n) is 23.4. The monoisotopic (exact) mass is 1090 g/mol. The lowest BCUT2D eigenvalue weighted by Gasteiger charge is -2.38. The van der Waals surface area contributed by atoms with Crippen LogP contribution in [0.15, 0.2) is 121 Å². The standard InChI is InChI=1S/C70H68Cl2N4Si2/c1-41(2)77(42(3)4,43(5)6)39-37-55-57-29-33-61(73-57)67(65-47-21-13-17-25-51(47)69(71)52-26-18-14-22-48(52)65)63-35-31-59(75-63)56(38-40-78(44(7)8,45(9)10)46(11)12)60-32-36-64(76-60)68(62-34-30-58(55)74-62)66-49-23-15-19-27-53(49)70(72)54-28-20-16-24-50(54)66/h13-36,41-46,73-74H,1-12H3. The summed E-state index contributed by atoms with van der Waals surface area (Å²) in [5.41, 5.74) is 23.5. The van der Waals surface area contributed by atoms with Gasteiger partial charge in [-0.05, 0) is 103 Å². The van der Waals surface area contributed by atoms with Crippen molar-refractivity contribution in [1.29, 1.82) is 0 Å². The number of rotatable bonds is 8. The molecular weight excluding hydrogens is 1020 g/mol. The maximum absolute atomic E-state index is 7.37. The second-order valence-corrected chi connectivity index (χ2v) is 35.3. The Hall–Kier alpha value is -6.91. The summed E-state index contributed by atoms with van der Waals surface area (Å²) in [7, 11) is -4.48. The number of nitrogens with zero attached hydrogens (tertiary/aromatic N) is 2. The lowest BCUT2D eigenvalue weighted by Crippen LogP contribution is -2.43. The molecule has 5 heterocycles. The van der Waals surface area contributed by atoms with Crippen molar-refractivity contribution in [3.05, 3.63) is 165 Å². The Kier molecular flexibility index (Phi) is 14.1. The number of halogens is 2. The molecule has 8 bridgehead atoms. The molecule has 0 radical (unpaired) electrons. The smallest absolute Gasteiger partial charge is 0.146 e. The molecule has 0 aliphatic carbocycles. The summed E-state index contributed by atoms with van der Waals surface area (Å²) >= 11 is 14.7. The number of aromatic amines is 2. The van der Waals surface area contributed by atoms with Gasteiger partial charge >= 0.3 is 0 Å². The summed E-state index contributed by atoms with van der Waals surface area (Å²) in [6.07, 6.45) is 8.64. The fourth-order valence-electron chi connectivity index (χ4n) is 13.9. The van der Waals surface area contributed by atoms with Gasteiger partial charge in [-0.2, -0.15) is 0 Å². The van der Waals surface area contributed by atoms with Crippen molar-refractivity contribution < 1.29 is 0 Å². The topological polar surface area (TPSA) is 57.4 Å². The van der Waals surface area contributed by atoms with Gasteiger partial charge in [-0.25, -0.2) is 9.97 Å². The first-order valence-corrected chi connectivity index (χ1v) is 33.1. The fourth-order valence-corrected chi connectivity index (χ4v) is 25.0. The van der Waals surface area contributed by atoms with Crippen molar-refractivity contribution in [3.63, 3.8) is 0 Å². The first-order valence-electron chi connectivity index (χ1n) is 27.9. The van der Waals surface area contributed by atoms with E-state index in [4.69, 9.17) is 33.2 Å². The molecule has 0 amide bonds. The third kappa shape index (κ3) is 8.59. The van der Waals surface area contributed by atoms with Crippen LogP contribution in [0.4, 0.5) is 0 Å². The van der Waals surface area contributed by atoms with E-state index < -0.39 is 16.1 Å². The van der Waals surface area contributed by atoms with E-state index in [-0.39, 0.29) is 0 Å². The van der Waals surface area contributed by atoms with Crippen LogP contribution >= 0.6 is 23.2 Å². The minimum atomic E-state index is -2.25. The molecule has 390 valence electrons. The van der Waals surface area contributed by atoms with Crippen LogP contribution in [-0.4, -0.2) is 36.1 Å². The van der Waals surface area contributed by atoms with Crippen molar-refractivity contribution >= 4 is 129 Å². The average molecular weight is 1090 g/mol. The maximum Gasteiger partial charge on any atom is 0.146 e. The Morgan fingerprint density at radius 3 is 0.910 bits per heavy atom. The number of aromatic nitrogens is 4. The molecule has 0 fully saturated rings. The minimum Gasteiger partial charge on any atom is -0.354 e. The van der Waals surface area contributed by atoms with Gasteiger partial charge in [0.15, 0.2) is 0 Å². The Morgan fingerprint density at radius 2 is 0.603 bits per heavy atom. The number of hydrogen-bond acceptors (Lipinski definition) is 2.